The van der Waals surface area contributed by atoms with Crippen molar-refractivity contribution in [3.8, 4) is 0 Å². The molecule has 1 N–H and O–H groups in total. The average Bonchev–Trinajstić information content (AvgIpc) is 2.95. The molecule has 0 saturated carbocycles. The van der Waals surface area contributed by atoms with E-state index in [2.05, 4.69) is 5.32 Å². The molecular weight excluding hydrogens is 312 g/mol. The number of hydrogen-bond acceptors (Lipinski definition) is 4. The number of aryl methyl sites for hydroxylation is 1. The maximum atomic E-state index is 12.0. The van der Waals surface area contributed by atoms with Crippen LogP contribution in [0.15, 0.2) is 36.4 Å². The van der Waals surface area contributed by atoms with Crippen molar-refractivity contribution in [2.24, 2.45) is 0 Å². The third kappa shape index (κ3) is 4.27. The zero-order valence-corrected chi connectivity index (χ0v) is 12.6. The van der Waals surface area contributed by atoms with Crippen LogP contribution in [-0.4, -0.2) is 16.7 Å². The number of nitrogens with one attached hydrogen (secondary N) is 1. The zero-order chi connectivity index (χ0) is 15.2. The molecule has 1 amide bonds. The lowest BCUT2D eigenvalue weighted by atomic mass is 10.1. The molecular formula is C14H13ClN2O3S. The first kappa shape index (κ1) is 15.5. The fraction of sp³-hybridized carbons (Fsp3) is 0.214. The Hall–Kier alpha value is -1.92. The quantitative estimate of drug-likeness (QED) is 0.494. The third-order valence-corrected chi connectivity index (χ3v) is 4.08. The second-order valence-corrected chi connectivity index (χ2v) is 5.78. The largest absolute Gasteiger partial charge is 0.324 e. The highest BCUT2D eigenvalue weighted by atomic mass is 35.5. The van der Waals surface area contributed by atoms with E-state index < -0.39 is 4.92 Å². The molecule has 1 aromatic heterocycles. The van der Waals surface area contributed by atoms with Crippen LogP contribution in [0.2, 0.25) is 0 Å². The molecule has 2 aromatic rings. The lowest BCUT2D eigenvalue weighted by Crippen LogP contribution is -2.10. The van der Waals surface area contributed by atoms with Crippen LogP contribution in [0.1, 0.15) is 21.7 Å². The Morgan fingerprint density at radius 3 is 2.81 bits per heavy atom. The number of amides is 1. The summed E-state index contributed by atoms with van der Waals surface area (Å²) in [4.78, 5) is 22.5. The molecule has 0 bridgehead atoms. The molecule has 0 saturated heterocycles. The SMILES string of the molecule is O=C(Nc1cccc(CCCCl)c1)c1ccc([N+](=O)[O-])s1. The van der Waals surface area contributed by atoms with Crippen LogP contribution < -0.4 is 5.32 Å². The molecule has 0 radical (unpaired) electrons. The summed E-state index contributed by atoms with van der Waals surface area (Å²) in [5.74, 6) is 0.248. The fourth-order valence-corrected chi connectivity index (χ4v) is 2.67. The van der Waals surface area contributed by atoms with Gasteiger partial charge in [-0.15, -0.1) is 11.6 Å². The van der Waals surface area contributed by atoms with E-state index in [9.17, 15) is 14.9 Å². The van der Waals surface area contributed by atoms with Gasteiger partial charge in [0.2, 0.25) is 0 Å². The van der Waals surface area contributed by atoms with Crippen molar-refractivity contribution in [3.05, 3.63) is 57.0 Å². The molecule has 110 valence electrons. The van der Waals surface area contributed by atoms with Gasteiger partial charge in [-0.2, -0.15) is 0 Å². The monoisotopic (exact) mass is 324 g/mol. The number of hydrogen-bond donors (Lipinski definition) is 1. The molecule has 0 atom stereocenters. The van der Waals surface area contributed by atoms with Crippen molar-refractivity contribution < 1.29 is 9.72 Å². The Bertz CT molecular complexity index is 657. The van der Waals surface area contributed by atoms with Crippen LogP contribution in [0.5, 0.6) is 0 Å². The van der Waals surface area contributed by atoms with Gasteiger partial charge in [0.05, 0.1) is 9.80 Å². The van der Waals surface area contributed by atoms with Crippen LogP contribution in [0.4, 0.5) is 10.7 Å². The van der Waals surface area contributed by atoms with E-state index in [1.54, 1.807) is 6.07 Å². The summed E-state index contributed by atoms with van der Waals surface area (Å²) >= 11 is 6.52. The number of nitro groups is 1. The van der Waals surface area contributed by atoms with Crippen molar-refractivity contribution >= 4 is 39.5 Å². The summed E-state index contributed by atoms with van der Waals surface area (Å²) in [7, 11) is 0. The van der Waals surface area contributed by atoms with Crippen molar-refractivity contribution in [1.29, 1.82) is 0 Å². The van der Waals surface area contributed by atoms with E-state index in [1.165, 1.54) is 12.1 Å². The number of carbonyl (C=O) groups is 1. The van der Waals surface area contributed by atoms with E-state index in [1.807, 2.05) is 18.2 Å². The van der Waals surface area contributed by atoms with Gasteiger partial charge in [-0.25, -0.2) is 0 Å². The van der Waals surface area contributed by atoms with Gasteiger partial charge in [-0.1, -0.05) is 23.5 Å². The van der Waals surface area contributed by atoms with E-state index in [4.69, 9.17) is 11.6 Å². The maximum Gasteiger partial charge on any atom is 0.324 e. The molecule has 0 aliphatic rings. The number of nitrogens with zero attached hydrogens (tertiary/aromatic N) is 1. The van der Waals surface area contributed by atoms with Crippen molar-refractivity contribution in [1.82, 2.24) is 0 Å². The summed E-state index contributed by atoms with van der Waals surface area (Å²) in [5.41, 5.74) is 1.76. The van der Waals surface area contributed by atoms with Crippen LogP contribution in [-0.2, 0) is 6.42 Å². The number of halogens is 1. The van der Waals surface area contributed by atoms with Gasteiger partial charge < -0.3 is 5.32 Å². The van der Waals surface area contributed by atoms with Gasteiger partial charge in [-0.3, -0.25) is 14.9 Å². The molecule has 7 heteroatoms. The summed E-state index contributed by atoms with van der Waals surface area (Å²) in [5, 5.41) is 13.3. The molecule has 2 rings (SSSR count). The Labute approximate surface area is 130 Å². The molecule has 5 nitrogen and oxygen atoms in total. The highest BCUT2D eigenvalue weighted by Gasteiger charge is 2.15. The predicted octanol–water partition coefficient (Wildman–Crippen LogP) is 4.08. The number of rotatable bonds is 6. The minimum absolute atomic E-state index is 0.0454. The zero-order valence-electron chi connectivity index (χ0n) is 11.0. The molecule has 0 aliphatic heterocycles. The molecule has 1 heterocycles. The Morgan fingerprint density at radius 2 is 2.14 bits per heavy atom. The van der Waals surface area contributed by atoms with E-state index in [0.29, 0.717) is 16.4 Å². The summed E-state index contributed by atoms with van der Waals surface area (Å²) in [6.45, 7) is 0. The topological polar surface area (TPSA) is 72.2 Å². The lowest BCUT2D eigenvalue weighted by molar-refractivity contribution is -0.380. The summed E-state index contributed by atoms with van der Waals surface area (Å²) in [6, 6.07) is 10.3. The standard InChI is InChI=1S/C14H13ClN2O3S/c15-8-2-4-10-3-1-5-11(9-10)16-14(18)12-6-7-13(21-12)17(19)20/h1,3,5-7,9H,2,4,8H2,(H,16,18). The molecule has 21 heavy (non-hydrogen) atoms. The van der Waals surface area contributed by atoms with E-state index >= 15 is 0 Å². The number of benzene rings is 1. The van der Waals surface area contributed by atoms with Gasteiger partial charge >= 0.3 is 5.00 Å². The molecule has 0 aliphatic carbocycles. The van der Waals surface area contributed by atoms with Crippen LogP contribution in [0.25, 0.3) is 0 Å². The van der Waals surface area contributed by atoms with Crippen LogP contribution in [0.3, 0.4) is 0 Å². The van der Waals surface area contributed by atoms with Gasteiger partial charge in [0.25, 0.3) is 5.91 Å². The van der Waals surface area contributed by atoms with Crippen LogP contribution in [0, 0.1) is 10.1 Å². The number of carbonyl (C=O) groups excluding carboxylic acids is 1. The minimum atomic E-state index is -0.506. The Morgan fingerprint density at radius 1 is 1.33 bits per heavy atom. The Balaban J connectivity index is 2.06. The van der Waals surface area contributed by atoms with Crippen molar-refractivity contribution in [3.63, 3.8) is 0 Å². The normalized spacial score (nSPS) is 10.3. The van der Waals surface area contributed by atoms with E-state index in [0.717, 1.165) is 29.7 Å². The first-order chi connectivity index (χ1) is 10.1. The second kappa shape index (κ2) is 7.19. The average molecular weight is 325 g/mol. The lowest BCUT2D eigenvalue weighted by Gasteiger charge is -2.06. The molecule has 0 unspecified atom stereocenters. The van der Waals surface area contributed by atoms with Crippen molar-refractivity contribution in [2.75, 3.05) is 11.2 Å². The molecule has 1 aromatic carbocycles. The number of thiophene rings is 1. The Kier molecular flexibility index (Phi) is 5.30. The minimum Gasteiger partial charge on any atom is -0.321 e. The van der Waals surface area contributed by atoms with Crippen molar-refractivity contribution in [2.45, 2.75) is 12.8 Å². The van der Waals surface area contributed by atoms with Crippen LogP contribution >= 0.6 is 22.9 Å². The van der Waals surface area contributed by atoms with Gasteiger partial charge in [-0.05, 0) is 36.6 Å². The van der Waals surface area contributed by atoms with E-state index in [-0.39, 0.29) is 10.9 Å². The van der Waals surface area contributed by atoms with Gasteiger partial charge in [0.15, 0.2) is 0 Å². The summed E-state index contributed by atoms with van der Waals surface area (Å²) in [6.07, 6.45) is 1.72. The fourth-order valence-electron chi connectivity index (χ4n) is 1.82. The first-order valence-corrected chi connectivity index (χ1v) is 7.66. The first-order valence-electron chi connectivity index (χ1n) is 6.30. The second-order valence-electron chi connectivity index (χ2n) is 4.34. The summed E-state index contributed by atoms with van der Waals surface area (Å²) < 4.78 is 0. The maximum absolute atomic E-state index is 12.0. The number of anilines is 1. The molecule has 0 spiro atoms. The van der Waals surface area contributed by atoms with Gasteiger partial charge in [0, 0.05) is 17.6 Å². The molecule has 0 fully saturated rings. The third-order valence-electron chi connectivity index (χ3n) is 2.78. The smallest absolute Gasteiger partial charge is 0.321 e. The van der Waals surface area contributed by atoms with Gasteiger partial charge in [0.1, 0.15) is 0 Å². The predicted molar refractivity (Wildman–Crippen MR) is 84.4 cm³/mol. The number of alkyl halides is 1. The highest BCUT2D eigenvalue weighted by molar-refractivity contribution is 7.17. The highest BCUT2D eigenvalue weighted by Crippen LogP contribution is 2.25.